The number of hydrogen-bond donors (Lipinski definition) is 2. The number of nitrogens with zero attached hydrogens (tertiary/aromatic N) is 5. The number of benzene rings is 2. The summed E-state index contributed by atoms with van der Waals surface area (Å²) in [6, 6.07) is 17.2. The average Bonchev–Trinajstić information content (AvgIpc) is 3.04. The lowest BCUT2D eigenvalue weighted by Crippen LogP contribution is -2.18. The van der Waals surface area contributed by atoms with Crippen LogP contribution in [0.25, 0.3) is 27.8 Å². The summed E-state index contributed by atoms with van der Waals surface area (Å²) in [6.07, 6.45) is 3.08. The number of aromatic amines is 1. The number of fused-ring (bicyclic) bond motifs is 2. The molecule has 5 aromatic rings. The Labute approximate surface area is 152 Å². The van der Waals surface area contributed by atoms with E-state index in [1.165, 1.54) is 10.9 Å². The summed E-state index contributed by atoms with van der Waals surface area (Å²) in [4.78, 5) is 32.2. The maximum absolute atomic E-state index is 12.4. The second kappa shape index (κ2) is 6.03. The molecule has 0 unspecified atom stereocenters. The van der Waals surface area contributed by atoms with E-state index >= 15 is 0 Å². The van der Waals surface area contributed by atoms with Crippen LogP contribution in [0.3, 0.4) is 0 Å². The molecule has 0 bridgehead atoms. The third-order valence-corrected chi connectivity index (χ3v) is 4.25. The lowest BCUT2D eigenvalue weighted by Gasteiger charge is -2.08. The van der Waals surface area contributed by atoms with Crippen LogP contribution in [0.4, 0.5) is 11.8 Å². The van der Waals surface area contributed by atoms with Crippen LogP contribution in [0.1, 0.15) is 0 Å². The van der Waals surface area contributed by atoms with Crippen LogP contribution in [0.5, 0.6) is 0 Å². The van der Waals surface area contributed by atoms with Crippen molar-refractivity contribution >= 4 is 33.6 Å². The Morgan fingerprint density at radius 2 is 1.78 bits per heavy atom. The fourth-order valence-electron chi connectivity index (χ4n) is 3.03. The first-order valence-corrected chi connectivity index (χ1v) is 8.29. The van der Waals surface area contributed by atoms with Crippen LogP contribution >= 0.6 is 0 Å². The Balaban J connectivity index is 1.60. The van der Waals surface area contributed by atoms with Gasteiger partial charge in [-0.25, -0.2) is 24.3 Å². The van der Waals surface area contributed by atoms with Crippen molar-refractivity contribution in [2.24, 2.45) is 0 Å². The van der Waals surface area contributed by atoms with Crippen LogP contribution in [-0.2, 0) is 0 Å². The van der Waals surface area contributed by atoms with Crippen molar-refractivity contribution in [2.75, 3.05) is 5.32 Å². The van der Waals surface area contributed by atoms with E-state index in [1.807, 2.05) is 54.6 Å². The van der Waals surface area contributed by atoms with E-state index in [-0.39, 0.29) is 11.6 Å². The van der Waals surface area contributed by atoms with Crippen LogP contribution in [0.15, 0.2) is 71.9 Å². The monoisotopic (exact) mass is 355 g/mol. The third kappa shape index (κ3) is 2.60. The molecule has 0 aliphatic heterocycles. The molecule has 0 saturated carbocycles. The standard InChI is InChI=1S/C19H13N7O/c27-19-23-14-7-3-4-8-15(14)26(19)18-22-11-21-17(25-18)24-16-13-6-2-1-5-12(13)9-10-20-16/h1-11H,(H,23,27)(H,20,21,22,24,25). The van der Waals surface area contributed by atoms with Crippen molar-refractivity contribution in [1.82, 2.24) is 29.5 Å². The van der Waals surface area contributed by atoms with Crippen molar-refractivity contribution < 1.29 is 0 Å². The SMILES string of the molecule is O=c1[nH]c2ccccc2n1-c1ncnc(Nc2nccc3ccccc23)n1. The number of para-hydroxylation sites is 2. The molecular formula is C19H13N7O. The highest BCUT2D eigenvalue weighted by atomic mass is 16.1. The molecule has 8 nitrogen and oxygen atoms in total. The van der Waals surface area contributed by atoms with Crippen molar-refractivity contribution in [1.29, 1.82) is 0 Å². The van der Waals surface area contributed by atoms with Gasteiger partial charge >= 0.3 is 5.69 Å². The summed E-state index contributed by atoms with van der Waals surface area (Å²) in [6.45, 7) is 0. The first kappa shape index (κ1) is 15.2. The molecule has 3 heterocycles. The molecule has 0 spiro atoms. The summed E-state index contributed by atoms with van der Waals surface area (Å²) in [5.74, 6) is 1.17. The van der Waals surface area contributed by atoms with Crippen LogP contribution < -0.4 is 11.0 Å². The van der Waals surface area contributed by atoms with E-state index in [0.29, 0.717) is 22.8 Å². The van der Waals surface area contributed by atoms with Crippen molar-refractivity contribution in [3.63, 3.8) is 0 Å². The van der Waals surface area contributed by atoms with Gasteiger partial charge in [0.2, 0.25) is 11.9 Å². The molecule has 0 atom stereocenters. The van der Waals surface area contributed by atoms with Crippen molar-refractivity contribution in [3.05, 3.63) is 77.6 Å². The fraction of sp³-hybridized carbons (Fsp3) is 0. The number of aromatic nitrogens is 6. The van der Waals surface area contributed by atoms with Gasteiger partial charge in [-0.3, -0.25) is 0 Å². The third-order valence-electron chi connectivity index (χ3n) is 4.25. The predicted molar refractivity (Wildman–Crippen MR) is 102 cm³/mol. The van der Waals surface area contributed by atoms with Gasteiger partial charge in [0.1, 0.15) is 12.1 Å². The number of anilines is 2. The Bertz CT molecular complexity index is 1330. The van der Waals surface area contributed by atoms with Gasteiger partial charge in [-0.15, -0.1) is 0 Å². The van der Waals surface area contributed by atoms with Gasteiger partial charge in [-0.05, 0) is 23.6 Å². The Morgan fingerprint density at radius 1 is 0.926 bits per heavy atom. The minimum Gasteiger partial charge on any atom is -0.308 e. The smallest absolute Gasteiger partial charge is 0.308 e. The van der Waals surface area contributed by atoms with E-state index in [1.54, 1.807) is 6.20 Å². The molecule has 130 valence electrons. The van der Waals surface area contributed by atoms with Gasteiger partial charge in [0, 0.05) is 11.6 Å². The summed E-state index contributed by atoms with van der Waals surface area (Å²) < 4.78 is 1.42. The molecule has 0 fully saturated rings. The van der Waals surface area contributed by atoms with Crippen LogP contribution in [0.2, 0.25) is 0 Å². The minimum atomic E-state index is -0.309. The predicted octanol–water partition coefficient (Wildman–Crippen LogP) is 2.80. The second-order valence-corrected chi connectivity index (χ2v) is 5.90. The van der Waals surface area contributed by atoms with E-state index in [2.05, 4.69) is 30.2 Å². The average molecular weight is 355 g/mol. The van der Waals surface area contributed by atoms with Gasteiger partial charge in [0.25, 0.3) is 0 Å². The molecule has 3 aromatic heterocycles. The van der Waals surface area contributed by atoms with Gasteiger partial charge in [0.05, 0.1) is 11.0 Å². The lowest BCUT2D eigenvalue weighted by atomic mass is 10.1. The van der Waals surface area contributed by atoms with E-state index in [4.69, 9.17) is 0 Å². The first-order chi connectivity index (χ1) is 13.3. The first-order valence-electron chi connectivity index (χ1n) is 8.29. The van der Waals surface area contributed by atoms with Gasteiger partial charge < -0.3 is 10.3 Å². The highest BCUT2D eigenvalue weighted by Crippen LogP contribution is 2.22. The molecule has 2 N–H and O–H groups in total. The summed E-state index contributed by atoms with van der Waals surface area (Å²) in [5.41, 5.74) is 1.10. The molecule has 5 rings (SSSR count). The molecule has 27 heavy (non-hydrogen) atoms. The quantitative estimate of drug-likeness (QED) is 0.516. The molecule has 8 heteroatoms. The van der Waals surface area contributed by atoms with E-state index in [9.17, 15) is 4.79 Å². The van der Waals surface area contributed by atoms with Crippen molar-refractivity contribution in [3.8, 4) is 5.95 Å². The molecule has 0 radical (unpaired) electrons. The topological polar surface area (TPSA) is 101 Å². The largest absolute Gasteiger partial charge is 0.333 e. The fourth-order valence-corrected chi connectivity index (χ4v) is 3.03. The summed E-state index contributed by atoms with van der Waals surface area (Å²) >= 11 is 0. The Hall–Kier alpha value is -4.07. The van der Waals surface area contributed by atoms with E-state index < -0.39 is 0 Å². The maximum Gasteiger partial charge on any atom is 0.333 e. The summed E-state index contributed by atoms with van der Waals surface area (Å²) in [5, 5.41) is 5.12. The van der Waals surface area contributed by atoms with Crippen LogP contribution in [-0.4, -0.2) is 29.5 Å². The number of pyridine rings is 1. The minimum absolute atomic E-state index is 0.232. The van der Waals surface area contributed by atoms with Crippen molar-refractivity contribution in [2.45, 2.75) is 0 Å². The number of imidazole rings is 1. The molecule has 0 aliphatic rings. The van der Waals surface area contributed by atoms with Gasteiger partial charge in [-0.2, -0.15) is 4.98 Å². The molecule has 0 aliphatic carbocycles. The second-order valence-electron chi connectivity index (χ2n) is 5.90. The molecule has 0 amide bonds. The molecular weight excluding hydrogens is 342 g/mol. The maximum atomic E-state index is 12.4. The van der Waals surface area contributed by atoms with Gasteiger partial charge in [-0.1, -0.05) is 36.4 Å². The number of nitrogens with one attached hydrogen (secondary N) is 2. The highest BCUT2D eigenvalue weighted by molar-refractivity contribution is 5.92. The zero-order chi connectivity index (χ0) is 18.2. The van der Waals surface area contributed by atoms with Gasteiger partial charge in [0.15, 0.2) is 0 Å². The normalized spacial score (nSPS) is 11.1. The molecule has 0 saturated heterocycles. The number of hydrogen-bond acceptors (Lipinski definition) is 6. The molecule has 2 aromatic carbocycles. The highest BCUT2D eigenvalue weighted by Gasteiger charge is 2.12. The van der Waals surface area contributed by atoms with E-state index in [0.717, 1.165) is 10.8 Å². The Kier molecular flexibility index (Phi) is 3.39. The zero-order valence-electron chi connectivity index (χ0n) is 14.0. The number of rotatable bonds is 3. The Morgan fingerprint density at radius 3 is 2.74 bits per heavy atom. The zero-order valence-corrected chi connectivity index (χ0v) is 14.0. The number of H-pyrrole nitrogens is 1. The van der Waals surface area contributed by atoms with Crippen LogP contribution in [0, 0.1) is 0 Å². The summed E-state index contributed by atoms with van der Waals surface area (Å²) in [7, 11) is 0. The lowest BCUT2D eigenvalue weighted by molar-refractivity contribution is 0.886.